The Morgan fingerprint density at radius 1 is 1.36 bits per heavy atom. The molecule has 22 heavy (non-hydrogen) atoms. The molecule has 0 aliphatic heterocycles. The number of rotatable bonds is 4. The molecule has 2 N–H and O–H groups in total. The van der Waals surface area contributed by atoms with Crippen LogP contribution in [0.1, 0.15) is 25.1 Å². The first kappa shape index (κ1) is 15.7. The summed E-state index contributed by atoms with van der Waals surface area (Å²) >= 11 is 0. The molecular formula is C17H20N4O. The zero-order chi connectivity index (χ0) is 16.1. The van der Waals surface area contributed by atoms with Crippen LogP contribution in [-0.4, -0.2) is 21.5 Å². The van der Waals surface area contributed by atoms with E-state index in [9.17, 15) is 4.79 Å². The molecule has 0 aliphatic rings. The first-order chi connectivity index (χ1) is 10.5. The second kappa shape index (κ2) is 6.85. The van der Waals surface area contributed by atoms with Gasteiger partial charge in [0.1, 0.15) is 0 Å². The van der Waals surface area contributed by atoms with Gasteiger partial charge in [-0.05, 0) is 50.7 Å². The molecule has 0 unspecified atom stereocenters. The average molecular weight is 296 g/mol. The molecular weight excluding hydrogens is 276 g/mol. The lowest BCUT2D eigenvalue weighted by Gasteiger charge is -2.09. The van der Waals surface area contributed by atoms with Gasteiger partial charge < -0.3 is 5.73 Å². The van der Waals surface area contributed by atoms with Gasteiger partial charge in [-0.25, -0.2) is 4.68 Å². The van der Waals surface area contributed by atoms with Gasteiger partial charge in [-0.3, -0.25) is 9.79 Å². The largest absolute Gasteiger partial charge is 0.405 e. The monoisotopic (exact) mass is 296 g/mol. The van der Waals surface area contributed by atoms with Crippen LogP contribution in [0.5, 0.6) is 0 Å². The number of nitrogens with zero attached hydrogens (tertiary/aromatic N) is 3. The number of hydrogen-bond donors (Lipinski definition) is 1. The number of hydrogen-bond acceptors (Lipinski definition) is 4. The van der Waals surface area contributed by atoms with Gasteiger partial charge in [0.05, 0.1) is 11.4 Å². The summed E-state index contributed by atoms with van der Waals surface area (Å²) in [5.41, 5.74) is 8.08. The highest BCUT2D eigenvalue weighted by molar-refractivity contribution is 6.07. The van der Waals surface area contributed by atoms with Gasteiger partial charge >= 0.3 is 0 Å². The highest BCUT2D eigenvalue weighted by atomic mass is 16.1. The number of benzene rings is 1. The number of aromatic nitrogens is 2. The van der Waals surface area contributed by atoms with Crippen molar-refractivity contribution in [3.05, 3.63) is 70.3 Å². The van der Waals surface area contributed by atoms with Gasteiger partial charge in [-0.2, -0.15) is 5.10 Å². The van der Waals surface area contributed by atoms with E-state index in [1.165, 1.54) is 12.3 Å². The van der Waals surface area contributed by atoms with Crippen LogP contribution in [0.3, 0.4) is 0 Å². The Kier molecular flexibility index (Phi) is 4.88. The predicted molar refractivity (Wildman–Crippen MR) is 89.6 cm³/mol. The lowest BCUT2D eigenvalue weighted by atomic mass is 10.2. The number of allylic oxidation sites excluding steroid dienone is 1. The fourth-order valence-electron chi connectivity index (χ4n) is 2.05. The lowest BCUT2D eigenvalue weighted by Crippen LogP contribution is -2.21. The standard InChI is InChI=1S/C17H20N4O/c1-12(2)19-15(7-9-18)17-16(22)8-10-21(20-17)14-6-4-5-13(3)11-14/h4-12H,18H2,1-3H3. The molecule has 1 heterocycles. The van der Waals surface area contributed by atoms with E-state index in [-0.39, 0.29) is 11.5 Å². The fourth-order valence-corrected chi connectivity index (χ4v) is 2.05. The third kappa shape index (κ3) is 3.69. The molecule has 0 saturated carbocycles. The zero-order valence-electron chi connectivity index (χ0n) is 13.0. The Balaban J connectivity index is 2.58. The van der Waals surface area contributed by atoms with E-state index >= 15 is 0 Å². The summed E-state index contributed by atoms with van der Waals surface area (Å²) < 4.78 is 1.67. The minimum Gasteiger partial charge on any atom is -0.405 e. The Labute approximate surface area is 129 Å². The molecule has 0 saturated heterocycles. The number of nitrogens with two attached hydrogens (primary N) is 1. The molecule has 0 radical (unpaired) electrons. The van der Waals surface area contributed by atoms with Crippen molar-refractivity contribution in [1.82, 2.24) is 9.78 Å². The van der Waals surface area contributed by atoms with Gasteiger partial charge in [-0.15, -0.1) is 0 Å². The first-order valence-corrected chi connectivity index (χ1v) is 7.14. The maximum Gasteiger partial charge on any atom is 0.209 e. The molecule has 1 aromatic carbocycles. The van der Waals surface area contributed by atoms with Crippen LogP contribution >= 0.6 is 0 Å². The van der Waals surface area contributed by atoms with Gasteiger partial charge in [0.2, 0.25) is 5.43 Å². The van der Waals surface area contributed by atoms with E-state index < -0.39 is 0 Å². The Morgan fingerprint density at radius 2 is 2.14 bits per heavy atom. The topological polar surface area (TPSA) is 73.3 Å². The van der Waals surface area contributed by atoms with Crippen molar-refractivity contribution in [2.45, 2.75) is 26.8 Å². The van der Waals surface area contributed by atoms with Gasteiger partial charge in [0, 0.05) is 18.3 Å². The molecule has 0 spiro atoms. The molecule has 0 amide bonds. The highest BCUT2D eigenvalue weighted by Crippen LogP contribution is 2.08. The summed E-state index contributed by atoms with van der Waals surface area (Å²) in [6.07, 6.45) is 4.62. The van der Waals surface area contributed by atoms with Gasteiger partial charge in [0.25, 0.3) is 0 Å². The highest BCUT2D eigenvalue weighted by Gasteiger charge is 2.10. The molecule has 0 atom stereocenters. The third-order valence-electron chi connectivity index (χ3n) is 2.97. The molecule has 0 aliphatic carbocycles. The minimum atomic E-state index is -0.179. The van der Waals surface area contributed by atoms with E-state index in [1.807, 2.05) is 45.0 Å². The Hall–Kier alpha value is -2.69. The molecule has 0 bridgehead atoms. The van der Waals surface area contributed by atoms with Crippen molar-refractivity contribution in [2.75, 3.05) is 0 Å². The molecule has 5 nitrogen and oxygen atoms in total. The van der Waals surface area contributed by atoms with Crippen LogP contribution in [0.25, 0.3) is 5.69 Å². The maximum atomic E-state index is 12.1. The van der Waals surface area contributed by atoms with Crippen LogP contribution < -0.4 is 11.2 Å². The van der Waals surface area contributed by atoms with Crippen LogP contribution in [0.15, 0.2) is 58.6 Å². The van der Waals surface area contributed by atoms with Crippen LogP contribution in [0, 0.1) is 6.92 Å². The Morgan fingerprint density at radius 3 is 2.77 bits per heavy atom. The maximum absolute atomic E-state index is 12.1. The Bertz CT molecular complexity index is 772. The summed E-state index contributed by atoms with van der Waals surface area (Å²) in [4.78, 5) is 16.6. The summed E-state index contributed by atoms with van der Waals surface area (Å²) in [5, 5.41) is 4.42. The lowest BCUT2D eigenvalue weighted by molar-refractivity contribution is 0.813. The molecule has 2 rings (SSSR count). The summed E-state index contributed by atoms with van der Waals surface area (Å²) in [6.45, 7) is 5.88. The van der Waals surface area contributed by atoms with Gasteiger partial charge in [0.15, 0.2) is 5.69 Å². The zero-order valence-corrected chi connectivity index (χ0v) is 13.0. The van der Waals surface area contributed by atoms with Crippen molar-refractivity contribution < 1.29 is 0 Å². The van der Waals surface area contributed by atoms with Crippen molar-refractivity contribution >= 4 is 5.71 Å². The number of aryl methyl sites for hydroxylation is 1. The van der Waals surface area contributed by atoms with E-state index in [0.29, 0.717) is 11.4 Å². The smallest absolute Gasteiger partial charge is 0.209 e. The van der Waals surface area contributed by atoms with Crippen LogP contribution in [0.4, 0.5) is 0 Å². The van der Waals surface area contributed by atoms with Crippen LogP contribution in [-0.2, 0) is 0 Å². The first-order valence-electron chi connectivity index (χ1n) is 7.14. The summed E-state index contributed by atoms with van der Waals surface area (Å²) in [6, 6.07) is 9.43. The SMILES string of the molecule is Cc1cccc(-n2ccc(=O)c(C(C=CN)=NC(C)C)n2)c1. The second-order valence-corrected chi connectivity index (χ2v) is 5.28. The molecule has 1 aromatic heterocycles. The number of aliphatic imine (C=N–C) groups is 1. The molecule has 5 heteroatoms. The quantitative estimate of drug-likeness (QED) is 0.879. The van der Waals surface area contributed by atoms with E-state index in [2.05, 4.69) is 10.1 Å². The van der Waals surface area contributed by atoms with Crippen molar-refractivity contribution in [1.29, 1.82) is 0 Å². The van der Waals surface area contributed by atoms with Crippen molar-refractivity contribution in [3.63, 3.8) is 0 Å². The van der Waals surface area contributed by atoms with Crippen molar-refractivity contribution in [2.24, 2.45) is 10.7 Å². The van der Waals surface area contributed by atoms with Gasteiger partial charge in [-0.1, -0.05) is 12.1 Å². The molecule has 114 valence electrons. The van der Waals surface area contributed by atoms with Crippen LogP contribution in [0.2, 0.25) is 0 Å². The fraction of sp³-hybridized carbons (Fsp3) is 0.235. The second-order valence-electron chi connectivity index (χ2n) is 5.28. The molecule has 2 aromatic rings. The average Bonchev–Trinajstić information content (AvgIpc) is 2.47. The van der Waals surface area contributed by atoms with E-state index in [4.69, 9.17) is 5.73 Å². The van der Waals surface area contributed by atoms with Crippen molar-refractivity contribution in [3.8, 4) is 5.69 Å². The predicted octanol–water partition coefficient (Wildman–Crippen LogP) is 2.21. The summed E-state index contributed by atoms with van der Waals surface area (Å²) in [7, 11) is 0. The van der Waals surface area contributed by atoms with E-state index in [0.717, 1.165) is 11.3 Å². The third-order valence-corrected chi connectivity index (χ3v) is 2.97. The minimum absolute atomic E-state index is 0.0417. The normalized spacial score (nSPS) is 12.3. The summed E-state index contributed by atoms with van der Waals surface area (Å²) in [5.74, 6) is 0. The van der Waals surface area contributed by atoms with E-state index in [1.54, 1.807) is 17.0 Å². The molecule has 0 fully saturated rings.